The van der Waals surface area contributed by atoms with E-state index in [4.69, 9.17) is 10.5 Å². The maximum atomic E-state index is 12.0. The zero-order valence-corrected chi connectivity index (χ0v) is 13.8. The molecule has 122 valence electrons. The number of primary amides is 1. The zero-order valence-electron chi connectivity index (χ0n) is 13.0. The molecule has 0 fully saturated rings. The number of nitrogens with one attached hydrogen (secondary N) is 1. The van der Waals surface area contributed by atoms with Crippen molar-refractivity contribution >= 4 is 17.2 Å². The number of aromatic amines is 1. The Kier molecular flexibility index (Phi) is 4.13. The molecule has 0 spiro atoms. The van der Waals surface area contributed by atoms with Crippen molar-refractivity contribution in [1.29, 1.82) is 0 Å². The van der Waals surface area contributed by atoms with Gasteiger partial charge in [0.15, 0.2) is 0 Å². The third-order valence-corrected chi connectivity index (χ3v) is 4.39. The van der Waals surface area contributed by atoms with E-state index >= 15 is 0 Å². The highest BCUT2D eigenvalue weighted by atomic mass is 32.1. The van der Waals surface area contributed by atoms with Gasteiger partial charge in [-0.15, -0.1) is 11.3 Å². The average Bonchev–Trinajstić information content (AvgIpc) is 3.03. The number of aryl methyl sites for hydroxylation is 1. The minimum absolute atomic E-state index is 0.135. The molecule has 0 atom stereocenters. The van der Waals surface area contributed by atoms with Gasteiger partial charge in [-0.2, -0.15) is 0 Å². The fourth-order valence-electron chi connectivity index (χ4n) is 2.45. The Morgan fingerprint density at radius 2 is 2.04 bits per heavy atom. The van der Waals surface area contributed by atoms with Crippen LogP contribution in [-0.2, 0) is 0 Å². The largest absolute Gasteiger partial charge is 0.495 e. The first-order valence-corrected chi connectivity index (χ1v) is 7.88. The zero-order chi connectivity index (χ0) is 17.3. The summed E-state index contributed by atoms with van der Waals surface area (Å²) in [7, 11) is 1.39. The molecule has 0 radical (unpaired) electrons. The van der Waals surface area contributed by atoms with Gasteiger partial charge in [-0.1, -0.05) is 0 Å². The summed E-state index contributed by atoms with van der Waals surface area (Å²) in [4.78, 5) is 34.8. The van der Waals surface area contributed by atoms with Crippen LogP contribution in [0, 0.1) is 6.92 Å². The van der Waals surface area contributed by atoms with Crippen LogP contribution in [0.15, 0.2) is 34.7 Å². The molecular formula is C16H14N4O3S. The number of amides is 1. The topological polar surface area (TPSA) is 111 Å². The number of thiazole rings is 1. The van der Waals surface area contributed by atoms with Crippen LogP contribution < -0.4 is 16.0 Å². The highest BCUT2D eigenvalue weighted by Gasteiger charge is 2.23. The van der Waals surface area contributed by atoms with E-state index in [-0.39, 0.29) is 11.3 Å². The standard InChI is InChI=1S/C16H14N4O3S/c1-8-11(13(23-2)12(14(17)21)15(22)19-8)10-7-24-16(20-10)9-3-5-18-6-4-9/h3-7H,1-2H3,(H2,17,21)(H,19,22). The number of aromatic nitrogens is 3. The lowest BCUT2D eigenvalue weighted by molar-refractivity contribution is 0.0996. The summed E-state index contributed by atoms with van der Waals surface area (Å²) in [6.07, 6.45) is 3.38. The first-order valence-electron chi connectivity index (χ1n) is 7.00. The van der Waals surface area contributed by atoms with Gasteiger partial charge in [-0.25, -0.2) is 4.98 Å². The van der Waals surface area contributed by atoms with Crippen molar-refractivity contribution in [3.63, 3.8) is 0 Å². The molecule has 3 aromatic heterocycles. The summed E-state index contributed by atoms with van der Waals surface area (Å²) in [5, 5.41) is 2.63. The average molecular weight is 342 g/mol. The molecule has 0 aliphatic carbocycles. The van der Waals surface area contributed by atoms with Crippen LogP contribution in [0.1, 0.15) is 16.1 Å². The van der Waals surface area contributed by atoms with Gasteiger partial charge in [-0.3, -0.25) is 14.6 Å². The third-order valence-electron chi connectivity index (χ3n) is 3.50. The predicted molar refractivity (Wildman–Crippen MR) is 91.2 cm³/mol. The lowest BCUT2D eigenvalue weighted by atomic mass is 10.1. The summed E-state index contributed by atoms with van der Waals surface area (Å²) in [6, 6.07) is 3.71. The second kappa shape index (κ2) is 6.25. The number of hydrogen-bond donors (Lipinski definition) is 2. The number of nitrogens with zero attached hydrogens (tertiary/aromatic N) is 2. The molecule has 1 amide bonds. The fraction of sp³-hybridized carbons (Fsp3) is 0.125. The maximum Gasteiger partial charge on any atom is 0.264 e. The Bertz CT molecular complexity index is 963. The highest BCUT2D eigenvalue weighted by Crippen LogP contribution is 2.36. The second-order valence-electron chi connectivity index (χ2n) is 5.00. The van der Waals surface area contributed by atoms with Crippen molar-refractivity contribution in [2.24, 2.45) is 5.73 Å². The van der Waals surface area contributed by atoms with Gasteiger partial charge in [0.05, 0.1) is 18.4 Å². The van der Waals surface area contributed by atoms with Crippen LogP contribution in [0.3, 0.4) is 0 Å². The monoisotopic (exact) mass is 342 g/mol. The normalized spacial score (nSPS) is 10.6. The minimum atomic E-state index is -0.848. The maximum absolute atomic E-state index is 12.0. The molecule has 3 N–H and O–H groups in total. The van der Waals surface area contributed by atoms with E-state index in [2.05, 4.69) is 15.0 Å². The van der Waals surface area contributed by atoms with E-state index in [0.29, 0.717) is 17.0 Å². The third kappa shape index (κ3) is 2.67. The molecule has 24 heavy (non-hydrogen) atoms. The van der Waals surface area contributed by atoms with E-state index in [1.807, 2.05) is 17.5 Å². The molecule has 0 aliphatic heterocycles. The molecule has 7 nitrogen and oxygen atoms in total. The van der Waals surface area contributed by atoms with Gasteiger partial charge in [0, 0.05) is 29.0 Å². The van der Waals surface area contributed by atoms with E-state index < -0.39 is 11.5 Å². The number of hydrogen-bond acceptors (Lipinski definition) is 6. The van der Waals surface area contributed by atoms with Gasteiger partial charge >= 0.3 is 0 Å². The van der Waals surface area contributed by atoms with Gasteiger partial charge in [0.25, 0.3) is 11.5 Å². The molecule has 3 heterocycles. The van der Waals surface area contributed by atoms with Crippen LogP contribution in [-0.4, -0.2) is 28.0 Å². The Morgan fingerprint density at radius 3 is 2.67 bits per heavy atom. The van der Waals surface area contributed by atoms with Gasteiger partial charge in [0.1, 0.15) is 16.3 Å². The van der Waals surface area contributed by atoms with E-state index in [1.54, 1.807) is 19.3 Å². The molecule has 3 rings (SSSR count). The number of carbonyl (C=O) groups excluding carboxylic acids is 1. The molecule has 0 aromatic carbocycles. The Labute approximate surface area is 141 Å². The van der Waals surface area contributed by atoms with E-state index in [9.17, 15) is 9.59 Å². The summed E-state index contributed by atoms with van der Waals surface area (Å²) in [6.45, 7) is 1.72. The number of carbonyl (C=O) groups is 1. The number of pyridine rings is 2. The first kappa shape index (κ1) is 15.9. The number of methoxy groups -OCH3 is 1. The number of nitrogens with two attached hydrogens (primary N) is 1. The SMILES string of the molecule is COc1c(-c2csc(-c3ccncc3)n2)c(C)[nH]c(=O)c1C(N)=O. The predicted octanol–water partition coefficient (Wildman–Crippen LogP) is 1.98. The molecule has 8 heteroatoms. The van der Waals surface area contributed by atoms with Gasteiger partial charge in [0.2, 0.25) is 0 Å². The molecule has 0 saturated heterocycles. The lowest BCUT2D eigenvalue weighted by Crippen LogP contribution is -2.25. The Morgan fingerprint density at radius 1 is 1.33 bits per heavy atom. The molecule has 0 saturated carbocycles. The lowest BCUT2D eigenvalue weighted by Gasteiger charge is -2.12. The van der Waals surface area contributed by atoms with Gasteiger partial charge in [-0.05, 0) is 19.1 Å². The summed E-state index contributed by atoms with van der Waals surface area (Å²) in [5.41, 5.74) is 7.15. The smallest absolute Gasteiger partial charge is 0.264 e. The Hall–Kier alpha value is -3.00. The molecule has 0 aliphatic rings. The van der Waals surface area contributed by atoms with Crippen LogP contribution in [0.5, 0.6) is 5.75 Å². The molecular weight excluding hydrogens is 328 g/mol. The van der Waals surface area contributed by atoms with Crippen molar-refractivity contribution in [2.45, 2.75) is 6.92 Å². The first-order chi connectivity index (χ1) is 11.5. The Balaban J connectivity index is 2.20. The van der Waals surface area contributed by atoms with Crippen molar-refractivity contribution < 1.29 is 9.53 Å². The molecule has 0 unspecified atom stereocenters. The fourth-order valence-corrected chi connectivity index (χ4v) is 3.26. The van der Waals surface area contributed by atoms with Crippen molar-refractivity contribution in [3.8, 4) is 27.6 Å². The molecule has 0 bridgehead atoms. The van der Waals surface area contributed by atoms with Crippen LogP contribution >= 0.6 is 11.3 Å². The summed E-state index contributed by atoms with van der Waals surface area (Å²) < 4.78 is 5.30. The van der Waals surface area contributed by atoms with Gasteiger partial charge < -0.3 is 15.5 Å². The van der Waals surface area contributed by atoms with E-state index in [1.165, 1.54) is 18.4 Å². The van der Waals surface area contributed by atoms with Crippen molar-refractivity contribution in [2.75, 3.05) is 7.11 Å². The number of rotatable bonds is 4. The second-order valence-corrected chi connectivity index (χ2v) is 5.86. The number of ether oxygens (including phenoxy) is 1. The summed E-state index contributed by atoms with van der Waals surface area (Å²) in [5.74, 6) is -0.714. The summed E-state index contributed by atoms with van der Waals surface area (Å²) >= 11 is 1.44. The van der Waals surface area contributed by atoms with E-state index in [0.717, 1.165) is 10.6 Å². The highest BCUT2D eigenvalue weighted by molar-refractivity contribution is 7.13. The van der Waals surface area contributed by atoms with Crippen molar-refractivity contribution in [1.82, 2.24) is 15.0 Å². The minimum Gasteiger partial charge on any atom is -0.495 e. The van der Waals surface area contributed by atoms with Crippen LogP contribution in [0.25, 0.3) is 21.8 Å². The van der Waals surface area contributed by atoms with Crippen LogP contribution in [0.4, 0.5) is 0 Å². The van der Waals surface area contributed by atoms with Crippen molar-refractivity contribution in [3.05, 3.63) is 51.5 Å². The molecule has 3 aromatic rings. The van der Waals surface area contributed by atoms with Crippen LogP contribution in [0.2, 0.25) is 0 Å². The number of H-pyrrole nitrogens is 1. The quantitative estimate of drug-likeness (QED) is 0.753.